The van der Waals surface area contributed by atoms with E-state index in [2.05, 4.69) is 15.6 Å². The van der Waals surface area contributed by atoms with Gasteiger partial charge in [0, 0.05) is 11.3 Å². The summed E-state index contributed by atoms with van der Waals surface area (Å²) in [7, 11) is 0. The number of hydrogen-bond acceptors (Lipinski definition) is 5. The first-order chi connectivity index (χ1) is 13.6. The predicted octanol–water partition coefficient (Wildman–Crippen LogP) is 3.04. The molecule has 0 saturated carbocycles. The van der Waals surface area contributed by atoms with Gasteiger partial charge < -0.3 is 9.47 Å². The van der Waals surface area contributed by atoms with Gasteiger partial charge in [0.2, 0.25) is 6.79 Å². The number of hydrogen-bond donors (Lipinski definition) is 1. The monoisotopic (exact) mass is 376 g/mol. The molecule has 142 valence electrons. The fraction of sp³-hybridized carbons (Fsp3) is 0.190. The molecule has 2 heterocycles. The summed E-state index contributed by atoms with van der Waals surface area (Å²) in [4.78, 5) is 12.3. The Morgan fingerprint density at radius 3 is 2.68 bits per heavy atom. The van der Waals surface area contributed by atoms with Gasteiger partial charge in [-0.15, -0.1) is 0 Å². The van der Waals surface area contributed by atoms with Crippen molar-refractivity contribution in [2.45, 2.75) is 20.4 Å². The second-order valence-electron chi connectivity index (χ2n) is 6.59. The summed E-state index contributed by atoms with van der Waals surface area (Å²) in [6.45, 7) is 4.90. The minimum atomic E-state index is -0.269. The maximum absolute atomic E-state index is 12.3. The fourth-order valence-electron chi connectivity index (χ4n) is 2.99. The number of aromatic nitrogens is 2. The normalized spacial score (nSPS) is 12.5. The predicted molar refractivity (Wildman–Crippen MR) is 105 cm³/mol. The molecule has 3 aromatic rings. The van der Waals surface area contributed by atoms with E-state index in [1.54, 1.807) is 18.3 Å². The number of nitrogens with zero attached hydrogens (tertiary/aromatic N) is 3. The first-order valence-corrected chi connectivity index (χ1v) is 8.91. The van der Waals surface area contributed by atoms with E-state index in [1.807, 2.05) is 54.9 Å². The van der Waals surface area contributed by atoms with Crippen molar-refractivity contribution in [1.29, 1.82) is 0 Å². The van der Waals surface area contributed by atoms with E-state index in [-0.39, 0.29) is 12.7 Å². The third-order valence-electron chi connectivity index (χ3n) is 4.43. The van der Waals surface area contributed by atoms with Crippen LogP contribution in [0.25, 0.3) is 0 Å². The van der Waals surface area contributed by atoms with E-state index in [0.717, 1.165) is 22.5 Å². The molecule has 7 heteroatoms. The Kier molecular flexibility index (Phi) is 4.80. The van der Waals surface area contributed by atoms with E-state index >= 15 is 0 Å². The van der Waals surface area contributed by atoms with Crippen LogP contribution in [0, 0.1) is 13.8 Å². The van der Waals surface area contributed by atoms with Gasteiger partial charge in [-0.1, -0.05) is 12.1 Å². The minimum absolute atomic E-state index is 0.224. The molecule has 0 aliphatic carbocycles. The third kappa shape index (κ3) is 3.88. The molecular formula is C21H20N4O3. The highest BCUT2D eigenvalue weighted by Crippen LogP contribution is 2.31. The standard InChI is InChI=1S/C21H20N4O3/c1-14-9-15(2)25(24-14)12-16-3-6-18(7-4-16)21(26)23-22-11-17-5-8-19-20(10-17)28-13-27-19/h3-11H,12-13H2,1-2H3,(H,23,26)/b22-11-. The van der Waals surface area contributed by atoms with Gasteiger partial charge in [0.15, 0.2) is 11.5 Å². The van der Waals surface area contributed by atoms with Crippen molar-refractivity contribution in [3.63, 3.8) is 0 Å². The number of ether oxygens (including phenoxy) is 2. The van der Waals surface area contributed by atoms with Crippen LogP contribution >= 0.6 is 0 Å². The van der Waals surface area contributed by atoms with Crippen molar-refractivity contribution in [2.24, 2.45) is 5.10 Å². The van der Waals surface area contributed by atoms with Crippen molar-refractivity contribution in [1.82, 2.24) is 15.2 Å². The van der Waals surface area contributed by atoms with Crippen molar-refractivity contribution < 1.29 is 14.3 Å². The average Bonchev–Trinajstić information content (AvgIpc) is 3.27. The minimum Gasteiger partial charge on any atom is -0.454 e. The molecule has 0 spiro atoms. The van der Waals surface area contributed by atoms with Gasteiger partial charge in [-0.2, -0.15) is 10.2 Å². The number of nitrogens with one attached hydrogen (secondary N) is 1. The molecule has 0 fully saturated rings. The van der Waals surface area contributed by atoms with Gasteiger partial charge in [-0.05, 0) is 61.4 Å². The third-order valence-corrected chi connectivity index (χ3v) is 4.43. The molecule has 0 bridgehead atoms. The van der Waals surface area contributed by atoms with E-state index in [1.165, 1.54) is 0 Å². The highest BCUT2D eigenvalue weighted by atomic mass is 16.7. The van der Waals surface area contributed by atoms with Crippen LogP contribution in [0.1, 0.15) is 32.9 Å². The first kappa shape index (κ1) is 17.8. The van der Waals surface area contributed by atoms with Crippen LogP contribution in [0.3, 0.4) is 0 Å². The zero-order valence-corrected chi connectivity index (χ0v) is 15.7. The molecule has 0 atom stereocenters. The van der Waals surface area contributed by atoms with Gasteiger partial charge in [0.05, 0.1) is 18.5 Å². The summed E-state index contributed by atoms with van der Waals surface area (Å²) < 4.78 is 12.5. The second-order valence-corrected chi connectivity index (χ2v) is 6.59. The Balaban J connectivity index is 1.36. The molecule has 1 aromatic heterocycles. The molecule has 28 heavy (non-hydrogen) atoms. The Labute approximate surface area is 162 Å². The summed E-state index contributed by atoms with van der Waals surface area (Å²) >= 11 is 0. The topological polar surface area (TPSA) is 77.7 Å². The molecule has 0 unspecified atom stereocenters. The van der Waals surface area contributed by atoms with E-state index < -0.39 is 0 Å². The number of benzene rings is 2. The Hall–Kier alpha value is -3.61. The SMILES string of the molecule is Cc1cc(C)n(Cc2ccc(C(=O)N/N=C\c3ccc4c(c3)OCO4)cc2)n1. The van der Waals surface area contributed by atoms with Crippen LogP contribution in [0.5, 0.6) is 11.5 Å². The molecule has 4 rings (SSSR count). The van der Waals surface area contributed by atoms with Crippen molar-refractivity contribution in [2.75, 3.05) is 6.79 Å². The van der Waals surface area contributed by atoms with Crippen LogP contribution in [0.15, 0.2) is 53.6 Å². The highest BCUT2D eigenvalue weighted by Gasteiger charge is 2.12. The molecule has 0 radical (unpaired) electrons. The van der Waals surface area contributed by atoms with Gasteiger partial charge in [-0.3, -0.25) is 9.48 Å². The molecule has 1 aliphatic rings. The lowest BCUT2D eigenvalue weighted by Gasteiger charge is -2.06. The molecule has 1 aliphatic heterocycles. The van der Waals surface area contributed by atoms with Gasteiger partial charge in [0.25, 0.3) is 5.91 Å². The van der Waals surface area contributed by atoms with Gasteiger partial charge in [0.1, 0.15) is 0 Å². The summed E-state index contributed by atoms with van der Waals surface area (Å²) in [6, 6.07) is 14.9. The van der Waals surface area contributed by atoms with Crippen LogP contribution in [0.4, 0.5) is 0 Å². The smallest absolute Gasteiger partial charge is 0.271 e. The average molecular weight is 376 g/mol. The van der Waals surface area contributed by atoms with Crippen molar-refractivity contribution >= 4 is 12.1 Å². The molecule has 2 aromatic carbocycles. The summed E-state index contributed by atoms with van der Waals surface area (Å²) in [5.74, 6) is 1.12. The van der Waals surface area contributed by atoms with Crippen LogP contribution in [-0.4, -0.2) is 28.7 Å². The lowest BCUT2D eigenvalue weighted by atomic mass is 10.1. The number of aryl methyl sites for hydroxylation is 2. The Morgan fingerprint density at radius 2 is 1.93 bits per heavy atom. The number of carbonyl (C=O) groups is 1. The quantitative estimate of drug-likeness (QED) is 0.548. The summed E-state index contributed by atoms with van der Waals surface area (Å²) in [6.07, 6.45) is 1.57. The first-order valence-electron chi connectivity index (χ1n) is 8.91. The van der Waals surface area contributed by atoms with Gasteiger partial charge >= 0.3 is 0 Å². The number of hydrazone groups is 1. The van der Waals surface area contributed by atoms with Crippen molar-refractivity contribution in [3.8, 4) is 11.5 Å². The molecule has 1 amide bonds. The zero-order chi connectivity index (χ0) is 19.5. The molecule has 7 nitrogen and oxygen atoms in total. The molecule has 1 N–H and O–H groups in total. The van der Waals surface area contributed by atoms with Crippen LogP contribution in [0.2, 0.25) is 0 Å². The molecule has 0 saturated heterocycles. The lowest BCUT2D eigenvalue weighted by Crippen LogP contribution is -2.17. The number of fused-ring (bicyclic) bond motifs is 1. The lowest BCUT2D eigenvalue weighted by molar-refractivity contribution is 0.0955. The van der Waals surface area contributed by atoms with Crippen LogP contribution < -0.4 is 14.9 Å². The second kappa shape index (κ2) is 7.56. The summed E-state index contributed by atoms with van der Waals surface area (Å²) in [5, 5.41) is 8.47. The van der Waals surface area contributed by atoms with E-state index in [0.29, 0.717) is 23.6 Å². The Morgan fingerprint density at radius 1 is 1.14 bits per heavy atom. The number of amides is 1. The van der Waals surface area contributed by atoms with Crippen molar-refractivity contribution in [3.05, 3.63) is 76.6 Å². The number of carbonyl (C=O) groups excluding carboxylic acids is 1. The molecular weight excluding hydrogens is 356 g/mol. The maximum atomic E-state index is 12.3. The van der Waals surface area contributed by atoms with Crippen LogP contribution in [-0.2, 0) is 6.54 Å². The van der Waals surface area contributed by atoms with E-state index in [9.17, 15) is 4.79 Å². The van der Waals surface area contributed by atoms with E-state index in [4.69, 9.17) is 9.47 Å². The largest absolute Gasteiger partial charge is 0.454 e. The zero-order valence-electron chi connectivity index (χ0n) is 15.7. The van der Waals surface area contributed by atoms with Gasteiger partial charge in [-0.25, -0.2) is 5.43 Å². The number of rotatable bonds is 5. The summed E-state index contributed by atoms with van der Waals surface area (Å²) in [5.41, 5.74) is 7.07. The highest BCUT2D eigenvalue weighted by molar-refractivity contribution is 5.94. The maximum Gasteiger partial charge on any atom is 0.271 e. The Bertz CT molecular complexity index is 1040. The fourth-order valence-corrected chi connectivity index (χ4v) is 2.99.